The lowest BCUT2D eigenvalue weighted by Crippen LogP contribution is -2.60. The first-order chi connectivity index (χ1) is 40.0. The van der Waals surface area contributed by atoms with Crippen molar-refractivity contribution >= 4 is 0 Å². The third kappa shape index (κ3) is 12.3. The molecule has 4 aliphatic carbocycles. The number of rotatable bonds is 15. The molecular formula is C62H102O22. The van der Waals surface area contributed by atoms with E-state index in [9.17, 15) is 20.4 Å². The van der Waals surface area contributed by atoms with Crippen LogP contribution in [0.25, 0.3) is 0 Å². The molecule has 0 aromatic carbocycles. The van der Waals surface area contributed by atoms with Crippen LogP contribution in [0.2, 0.25) is 0 Å². The minimum absolute atomic E-state index is 0.0586. The Labute approximate surface area is 496 Å². The van der Waals surface area contributed by atoms with Gasteiger partial charge in [-0.2, -0.15) is 4.89 Å². The van der Waals surface area contributed by atoms with E-state index in [0.29, 0.717) is 49.9 Å². The van der Waals surface area contributed by atoms with Crippen LogP contribution >= 0.6 is 0 Å². The lowest BCUT2D eigenvalue weighted by molar-refractivity contribution is -0.472. The lowest BCUT2D eigenvalue weighted by atomic mass is 9.46. The summed E-state index contributed by atoms with van der Waals surface area (Å²) in [4.78, 5) is 12.4. The van der Waals surface area contributed by atoms with E-state index < -0.39 is 159 Å². The van der Waals surface area contributed by atoms with Crippen molar-refractivity contribution in [2.24, 2.45) is 28.6 Å². The largest absolute Gasteiger partial charge is 0.393 e. The highest BCUT2D eigenvalue weighted by atomic mass is 17.2. The molecule has 32 atom stereocenters. The molecule has 22 nitrogen and oxygen atoms in total. The van der Waals surface area contributed by atoms with Crippen molar-refractivity contribution in [2.45, 2.75) is 317 Å². The number of hydrogen-bond donors (Lipinski definition) is 4. The molecule has 7 saturated heterocycles. The molecule has 0 aromatic rings. The van der Waals surface area contributed by atoms with Gasteiger partial charge in [-0.15, -0.1) is 0 Å². The van der Waals surface area contributed by atoms with Gasteiger partial charge in [0.1, 0.15) is 43.2 Å². The zero-order valence-corrected chi connectivity index (χ0v) is 52.0. The molecule has 0 bridgehead atoms. The molecule has 0 unspecified atom stereocenters. The molecule has 7 aliphatic heterocycles. The van der Waals surface area contributed by atoms with E-state index in [-0.39, 0.29) is 36.4 Å². The van der Waals surface area contributed by atoms with Crippen molar-refractivity contribution in [3.05, 3.63) is 11.6 Å². The minimum atomic E-state index is -1.32. The Bertz CT molecular complexity index is 2200. The molecule has 4 N–H and O–H groups in total. The molecule has 3 saturated carbocycles. The van der Waals surface area contributed by atoms with Crippen LogP contribution in [0.4, 0.5) is 0 Å². The Hall–Kier alpha value is -1.14. The average Bonchev–Trinajstić information content (AvgIpc) is 1.61. The van der Waals surface area contributed by atoms with E-state index in [2.05, 4.69) is 19.9 Å². The summed E-state index contributed by atoms with van der Waals surface area (Å²) in [6.45, 7) is 18.0. The topological polar surface area (TPSA) is 247 Å². The zero-order valence-electron chi connectivity index (χ0n) is 52.0. The molecular weight excluding hydrogens is 1100 g/mol. The van der Waals surface area contributed by atoms with Gasteiger partial charge in [0.2, 0.25) is 5.79 Å². The third-order valence-corrected chi connectivity index (χ3v) is 22.5. The Kier molecular flexibility index (Phi) is 19.8. The summed E-state index contributed by atoms with van der Waals surface area (Å²) in [5, 5.41) is 45.4. The summed E-state index contributed by atoms with van der Waals surface area (Å²) in [6, 6.07) is 0. The lowest BCUT2D eigenvalue weighted by Gasteiger charge is -2.59. The first-order valence-electron chi connectivity index (χ1n) is 31.8. The molecule has 7 heterocycles. The monoisotopic (exact) mass is 1200 g/mol. The maximum Gasteiger partial charge on any atom is 0.228 e. The number of methoxy groups -OCH3 is 4. The van der Waals surface area contributed by atoms with Gasteiger partial charge in [-0.25, -0.2) is 4.89 Å². The summed E-state index contributed by atoms with van der Waals surface area (Å²) in [7, 11) is 6.43. The van der Waals surface area contributed by atoms with Gasteiger partial charge in [0.05, 0.1) is 91.1 Å². The number of fused-ring (bicyclic) bond motifs is 6. The zero-order chi connectivity index (χ0) is 59.8. The molecule has 11 rings (SSSR count). The van der Waals surface area contributed by atoms with E-state index in [1.54, 1.807) is 35.4 Å². The summed E-state index contributed by atoms with van der Waals surface area (Å²) < 4.78 is 101. The second kappa shape index (κ2) is 25.9. The van der Waals surface area contributed by atoms with Gasteiger partial charge in [-0.05, 0) is 123 Å². The van der Waals surface area contributed by atoms with Crippen molar-refractivity contribution < 1.29 is 106 Å². The molecule has 0 radical (unpaired) electrons. The van der Waals surface area contributed by atoms with Crippen molar-refractivity contribution in [2.75, 3.05) is 35.0 Å². The fraction of sp³-hybridized carbons (Fsp3) is 0.968. The van der Waals surface area contributed by atoms with Gasteiger partial charge in [-0.1, -0.05) is 25.5 Å². The van der Waals surface area contributed by atoms with Crippen molar-refractivity contribution in [1.29, 1.82) is 0 Å². The van der Waals surface area contributed by atoms with Gasteiger partial charge in [-0.3, -0.25) is 0 Å². The normalized spacial score (nSPS) is 53.9. The van der Waals surface area contributed by atoms with Crippen LogP contribution in [0, 0.1) is 28.6 Å². The highest BCUT2D eigenvalue weighted by Gasteiger charge is 2.66. The van der Waals surface area contributed by atoms with E-state index in [4.69, 9.17) is 85.6 Å². The standard InChI is InChI=1S/C62H102O22/c1-30-53(65)43(67-10)24-50(72-30)80-56-33(4)74-51(25-44(56)68-11)78-54-31(2)73-48(23-42(54)64)79-55-32(3)75-52(26-45(55)69-12)81-57-35(6)82-61(28-47(57)70-13)29-71-46-27-49(76-34(5)58(46)83-84-61)77-36(7)62(66)21-18-41-39-15-14-37-22-38(63)16-19-59(37,8)40(39)17-20-60(41,62)9/h14,30-36,38-58,63-66H,15-29H2,1-13H3/t30-,31-,32-,33-,34-,35-,36+,38+,39-,40+,41+,42-,43-,44+,45+,46-,47-,48+,49-,50+,51+,52+,53-,54-,55-,56-,57-,58-,59+,60+,61+,62+/m1/s1. The number of aliphatic hydroxyl groups is 4. The van der Waals surface area contributed by atoms with Gasteiger partial charge < -0.3 is 96.2 Å². The first kappa shape index (κ1) is 64.4. The van der Waals surface area contributed by atoms with Crippen LogP contribution in [0.3, 0.4) is 0 Å². The smallest absolute Gasteiger partial charge is 0.228 e. The number of ether oxygens (including phenoxy) is 16. The van der Waals surface area contributed by atoms with Crippen molar-refractivity contribution in [3.63, 3.8) is 0 Å². The van der Waals surface area contributed by atoms with E-state index in [1.165, 1.54) is 5.57 Å². The van der Waals surface area contributed by atoms with Crippen LogP contribution < -0.4 is 0 Å². The van der Waals surface area contributed by atoms with Crippen LogP contribution in [0.1, 0.15) is 152 Å². The average molecular weight is 1200 g/mol. The second-order valence-electron chi connectivity index (χ2n) is 27.4. The van der Waals surface area contributed by atoms with E-state index in [0.717, 1.165) is 44.9 Å². The van der Waals surface area contributed by atoms with Crippen molar-refractivity contribution in [3.8, 4) is 0 Å². The molecule has 482 valence electrons. The molecule has 10 fully saturated rings. The van der Waals surface area contributed by atoms with Gasteiger partial charge in [0.15, 0.2) is 31.5 Å². The SMILES string of the molecule is CO[C@H]1C[C@H](O[C@@H]2[C@@H](C)O[C@@]3(CO[C@@H]4C[C@@H](O[C@@H](C)[C@@]5(O)CC[C@H]6[C@@H]7CC=C8C[C@@H](O)CC[C@]8(C)[C@H]7CC[C@@]65C)O[C@H](C)[C@H]4OO3)C[C@H]2OC)O[C@H](C)[C@H]1O[C@H]1C[C@@H](O)[C@H](O[C@H]2C[C@H](OC)[C@H](O[C@H]3C[C@@H](OC)[C@H](O)[C@@H](C)O3)[C@@H](C)O2)[C@@H](C)O1. The van der Waals surface area contributed by atoms with Crippen molar-refractivity contribution in [1.82, 2.24) is 0 Å². The van der Waals surface area contributed by atoms with Crippen LogP contribution in [0.15, 0.2) is 11.6 Å². The minimum Gasteiger partial charge on any atom is -0.393 e. The van der Waals surface area contributed by atoms with E-state index >= 15 is 0 Å². The van der Waals surface area contributed by atoms with Crippen LogP contribution in [-0.4, -0.2) is 220 Å². The highest BCUT2D eigenvalue weighted by Crippen LogP contribution is 2.68. The van der Waals surface area contributed by atoms with Crippen LogP contribution in [0.5, 0.6) is 0 Å². The first-order valence-corrected chi connectivity index (χ1v) is 31.8. The fourth-order valence-corrected chi connectivity index (χ4v) is 17.6. The summed E-state index contributed by atoms with van der Waals surface area (Å²) >= 11 is 0. The summed E-state index contributed by atoms with van der Waals surface area (Å²) in [5.41, 5.74) is 0.250. The third-order valence-electron chi connectivity index (χ3n) is 22.5. The Morgan fingerprint density at radius 3 is 1.75 bits per heavy atom. The van der Waals surface area contributed by atoms with E-state index in [1.807, 2.05) is 41.5 Å². The molecule has 0 amide bonds. The van der Waals surface area contributed by atoms with Gasteiger partial charge in [0.25, 0.3) is 0 Å². The number of allylic oxidation sites excluding steroid dienone is 1. The Balaban J connectivity index is 0.645. The number of aliphatic hydroxyl groups excluding tert-OH is 3. The molecule has 11 aliphatic rings. The molecule has 84 heavy (non-hydrogen) atoms. The predicted molar refractivity (Wildman–Crippen MR) is 296 cm³/mol. The van der Waals surface area contributed by atoms with Gasteiger partial charge in [0, 0.05) is 72.4 Å². The maximum absolute atomic E-state index is 12.8. The Morgan fingerprint density at radius 2 is 1.13 bits per heavy atom. The predicted octanol–water partition coefficient (Wildman–Crippen LogP) is 5.66. The molecule has 22 heteroatoms. The second-order valence-corrected chi connectivity index (χ2v) is 27.4. The van der Waals surface area contributed by atoms with Crippen LogP contribution in [-0.2, 0) is 85.6 Å². The van der Waals surface area contributed by atoms with Gasteiger partial charge >= 0.3 is 0 Å². The maximum atomic E-state index is 12.8. The fourth-order valence-electron chi connectivity index (χ4n) is 17.6. The highest BCUT2D eigenvalue weighted by molar-refractivity contribution is 5.26. The Morgan fingerprint density at radius 1 is 0.583 bits per heavy atom. The molecule has 1 spiro atoms. The summed E-state index contributed by atoms with van der Waals surface area (Å²) in [5.74, 6) is 0.141. The summed E-state index contributed by atoms with van der Waals surface area (Å²) in [6.07, 6.45) is -2.54. The molecule has 0 aromatic heterocycles. The quantitative estimate of drug-likeness (QED) is 0.114. The number of hydrogen-bond acceptors (Lipinski definition) is 22.